The number of nitrogens with zero attached hydrogens (tertiary/aromatic N) is 2. The van der Waals surface area contributed by atoms with Gasteiger partial charge in [0.05, 0.1) is 0 Å². The molecule has 2 N–H and O–H groups in total. The van der Waals surface area contributed by atoms with Gasteiger partial charge in [0.25, 0.3) is 5.91 Å². The largest absolute Gasteiger partial charge is 0.366 e. The van der Waals surface area contributed by atoms with Crippen molar-refractivity contribution in [3.63, 3.8) is 0 Å². The highest BCUT2D eigenvalue weighted by Crippen LogP contribution is 2.26. The minimum atomic E-state index is -0.341. The number of carbonyl (C=O) groups is 1. The maximum atomic E-state index is 11.9. The zero-order valence-corrected chi connectivity index (χ0v) is 19.1. The maximum absolute atomic E-state index is 11.9. The summed E-state index contributed by atoms with van der Waals surface area (Å²) < 4.78 is 5.43. The van der Waals surface area contributed by atoms with Gasteiger partial charge in [0.15, 0.2) is 6.29 Å². The predicted octanol–water partition coefficient (Wildman–Crippen LogP) is 4.13. The molecule has 1 aromatic rings. The molecule has 1 amide bonds. The average Bonchev–Trinajstić information content (AvgIpc) is 2.84. The van der Waals surface area contributed by atoms with Gasteiger partial charge in [-0.15, -0.1) is 0 Å². The highest BCUT2D eigenvalue weighted by Gasteiger charge is 2.23. The topological polar surface area (TPSA) is 75.7 Å². The monoisotopic (exact) mass is 442 g/mol. The fraction of sp³-hybridized carbons (Fsp3) is 0.680. The van der Waals surface area contributed by atoms with Crippen LogP contribution in [0.15, 0.2) is 24.4 Å². The van der Waals surface area contributed by atoms with Gasteiger partial charge in [-0.1, -0.05) is 19.3 Å². The van der Waals surface area contributed by atoms with E-state index in [0.29, 0.717) is 12.6 Å². The Morgan fingerprint density at radius 3 is 2.78 bits per heavy atom. The lowest BCUT2D eigenvalue weighted by molar-refractivity contribution is -0.198. The first kappa shape index (κ1) is 23.2. The Morgan fingerprint density at radius 2 is 2.00 bits per heavy atom. The zero-order valence-electron chi connectivity index (χ0n) is 19.1. The van der Waals surface area contributed by atoms with Crippen LogP contribution in [-0.2, 0) is 14.4 Å². The van der Waals surface area contributed by atoms with Gasteiger partial charge >= 0.3 is 0 Å². The van der Waals surface area contributed by atoms with Crippen LogP contribution in [0.1, 0.15) is 69.8 Å². The summed E-state index contributed by atoms with van der Waals surface area (Å²) in [6, 6.07) is 4.42. The van der Waals surface area contributed by atoms with E-state index in [2.05, 4.69) is 20.7 Å². The van der Waals surface area contributed by atoms with Crippen LogP contribution in [0.4, 0.5) is 5.82 Å². The number of anilines is 1. The number of likely N-dealkylation sites (tertiary alicyclic amines) is 1. The van der Waals surface area contributed by atoms with Crippen LogP contribution in [-0.4, -0.2) is 54.4 Å². The Balaban J connectivity index is 1.19. The van der Waals surface area contributed by atoms with E-state index in [1.54, 1.807) is 12.3 Å². The molecule has 7 heteroatoms. The van der Waals surface area contributed by atoms with E-state index in [1.807, 2.05) is 12.1 Å². The maximum Gasteiger partial charge on any atom is 0.267 e. The van der Waals surface area contributed by atoms with Crippen molar-refractivity contribution in [2.24, 2.45) is 5.92 Å². The standard InChI is InChI=1S/C25H38N4O3/c30-24(28-32-25-10-4-5-16-31-25)14-12-20-11-13-23(26-17-20)27-22-9-6-15-29(19-22)18-21-7-2-1-3-8-21/h11-14,17,21-22,25H,1-10,15-16,18-19H2,(H,26,27)(H,28,30)/t22-,25?/m0/s1. The molecule has 1 saturated carbocycles. The SMILES string of the molecule is O=C(C=Cc1ccc(N[C@H]2CCCN(CC3CCCCC3)C2)nc1)NOC1CCCCO1. The quantitative estimate of drug-likeness (QED) is 0.466. The molecule has 2 saturated heterocycles. The van der Waals surface area contributed by atoms with Gasteiger partial charge in [-0.05, 0) is 74.8 Å². The van der Waals surface area contributed by atoms with E-state index in [0.717, 1.165) is 43.1 Å². The van der Waals surface area contributed by atoms with Crippen LogP contribution in [0.3, 0.4) is 0 Å². The number of hydroxylamine groups is 1. The zero-order chi connectivity index (χ0) is 22.0. The normalized spacial score (nSPS) is 25.6. The minimum Gasteiger partial charge on any atom is -0.366 e. The molecule has 1 aliphatic carbocycles. The van der Waals surface area contributed by atoms with E-state index < -0.39 is 0 Å². The molecule has 176 valence electrons. The van der Waals surface area contributed by atoms with Crippen molar-refractivity contribution in [1.29, 1.82) is 0 Å². The molecule has 0 radical (unpaired) electrons. The lowest BCUT2D eigenvalue weighted by Gasteiger charge is -2.36. The van der Waals surface area contributed by atoms with Gasteiger partial charge in [-0.25, -0.2) is 15.3 Å². The Morgan fingerprint density at radius 1 is 1.12 bits per heavy atom. The summed E-state index contributed by atoms with van der Waals surface area (Å²) in [5.41, 5.74) is 3.31. The van der Waals surface area contributed by atoms with Gasteiger partial charge in [-0.3, -0.25) is 4.79 Å². The highest BCUT2D eigenvalue weighted by molar-refractivity contribution is 5.90. The summed E-state index contributed by atoms with van der Waals surface area (Å²) in [7, 11) is 0. The molecule has 0 bridgehead atoms. The smallest absolute Gasteiger partial charge is 0.267 e. The second kappa shape index (κ2) is 12.3. The Bertz CT molecular complexity index is 727. The Labute approximate surface area is 191 Å². The summed E-state index contributed by atoms with van der Waals surface area (Å²) in [6.07, 6.45) is 17.0. The minimum absolute atomic E-state index is 0.304. The molecule has 2 atom stereocenters. The lowest BCUT2D eigenvalue weighted by Crippen LogP contribution is -2.44. The molecule has 0 spiro atoms. The number of hydrogen-bond acceptors (Lipinski definition) is 6. The van der Waals surface area contributed by atoms with E-state index in [-0.39, 0.29) is 12.2 Å². The molecule has 32 heavy (non-hydrogen) atoms. The van der Waals surface area contributed by atoms with Gasteiger partial charge in [0, 0.05) is 44.4 Å². The van der Waals surface area contributed by atoms with E-state index in [9.17, 15) is 4.79 Å². The number of aromatic nitrogens is 1. The van der Waals surface area contributed by atoms with Crippen LogP contribution in [0.2, 0.25) is 0 Å². The van der Waals surface area contributed by atoms with Crippen molar-refractivity contribution in [3.8, 4) is 0 Å². The molecular weight excluding hydrogens is 404 g/mol. The first-order chi connectivity index (χ1) is 15.7. The van der Waals surface area contributed by atoms with Gasteiger partial charge in [0.1, 0.15) is 5.82 Å². The van der Waals surface area contributed by atoms with E-state index in [1.165, 1.54) is 64.1 Å². The third kappa shape index (κ3) is 7.57. The number of nitrogens with one attached hydrogen (secondary N) is 2. The number of ether oxygens (including phenoxy) is 1. The highest BCUT2D eigenvalue weighted by atomic mass is 16.8. The predicted molar refractivity (Wildman–Crippen MR) is 126 cm³/mol. The second-order valence-corrected chi connectivity index (χ2v) is 9.44. The van der Waals surface area contributed by atoms with Gasteiger partial charge in [0.2, 0.25) is 0 Å². The molecule has 0 aromatic carbocycles. The van der Waals surface area contributed by atoms with Crippen molar-refractivity contribution in [3.05, 3.63) is 30.0 Å². The Kier molecular flexibility index (Phi) is 8.94. The molecule has 1 unspecified atom stereocenters. The summed E-state index contributed by atoms with van der Waals surface area (Å²) in [5.74, 6) is 1.49. The first-order valence-electron chi connectivity index (χ1n) is 12.4. The second-order valence-electron chi connectivity index (χ2n) is 9.44. The molecular formula is C25H38N4O3. The van der Waals surface area contributed by atoms with Crippen molar-refractivity contribution in [2.45, 2.75) is 76.5 Å². The lowest BCUT2D eigenvalue weighted by atomic mass is 9.88. The van der Waals surface area contributed by atoms with Crippen LogP contribution in [0.5, 0.6) is 0 Å². The summed E-state index contributed by atoms with van der Waals surface area (Å²) >= 11 is 0. The summed E-state index contributed by atoms with van der Waals surface area (Å²) in [6.45, 7) is 4.27. The van der Waals surface area contributed by atoms with Crippen LogP contribution in [0, 0.1) is 5.92 Å². The number of amides is 1. The number of pyridine rings is 1. The molecule has 3 fully saturated rings. The van der Waals surface area contributed by atoms with Gasteiger partial charge in [-0.2, -0.15) is 0 Å². The molecule has 7 nitrogen and oxygen atoms in total. The molecule has 3 heterocycles. The molecule has 2 aliphatic heterocycles. The van der Waals surface area contributed by atoms with Crippen molar-refractivity contribution in [1.82, 2.24) is 15.4 Å². The Hall–Kier alpha value is -1.96. The first-order valence-corrected chi connectivity index (χ1v) is 12.4. The van der Waals surface area contributed by atoms with E-state index >= 15 is 0 Å². The molecule has 3 aliphatic rings. The van der Waals surface area contributed by atoms with Crippen molar-refractivity contribution < 1.29 is 14.4 Å². The van der Waals surface area contributed by atoms with Crippen LogP contribution >= 0.6 is 0 Å². The van der Waals surface area contributed by atoms with Crippen LogP contribution < -0.4 is 10.8 Å². The fourth-order valence-corrected chi connectivity index (χ4v) is 5.01. The number of piperidine rings is 1. The molecule has 1 aromatic heterocycles. The average molecular weight is 443 g/mol. The number of carbonyl (C=O) groups excluding carboxylic acids is 1. The number of hydrogen-bond donors (Lipinski definition) is 2. The molecule has 4 rings (SSSR count). The summed E-state index contributed by atoms with van der Waals surface area (Å²) in [5, 5.41) is 3.61. The third-order valence-corrected chi connectivity index (χ3v) is 6.74. The van der Waals surface area contributed by atoms with Crippen LogP contribution in [0.25, 0.3) is 6.08 Å². The number of rotatable bonds is 8. The fourth-order valence-electron chi connectivity index (χ4n) is 5.01. The van der Waals surface area contributed by atoms with E-state index in [4.69, 9.17) is 9.57 Å². The van der Waals surface area contributed by atoms with Gasteiger partial charge < -0.3 is 15.0 Å². The summed E-state index contributed by atoms with van der Waals surface area (Å²) in [4.78, 5) is 24.4. The third-order valence-electron chi connectivity index (χ3n) is 6.74. The van der Waals surface area contributed by atoms with Crippen molar-refractivity contribution >= 4 is 17.8 Å². The van der Waals surface area contributed by atoms with Crippen molar-refractivity contribution in [2.75, 3.05) is 31.6 Å².